The molecule has 1 aromatic rings. The first kappa shape index (κ1) is 15.0. The van der Waals surface area contributed by atoms with Gasteiger partial charge in [0.1, 0.15) is 5.75 Å². The minimum Gasteiger partial charge on any atom is -0.508 e. The van der Waals surface area contributed by atoms with Gasteiger partial charge >= 0.3 is 0 Å². The van der Waals surface area contributed by atoms with Crippen molar-refractivity contribution in [1.82, 2.24) is 9.80 Å². The second-order valence-corrected chi connectivity index (χ2v) is 7.61. The SMILES string of the molecule is O=C(c1cccc(O)c1)N1C[C@H]2CC[C@@H](C1)N(CC1CCC1)C2. The molecule has 1 aromatic carbocycles. The number of rotatable bonds is 3. The number of carbonyl (C=O) groups is 1. The quantitative estimate of drug-likeness (QED) is 0.933. The van der Waals surface area contributed by atoms with E-state index in [9.17, 15) is 9.90 Å². The van der Waals surface area contributed by atoms with Crippen LogP contribution in [-0.4, -0.2) is 53.0 Å². The standard InChI is InChI=1S/C19H26N2O2/c22-18-6-2-5-16(9-18)19(23)21-12-15-7-8-17(13-21)20(11-15)10-14-3-1-4-14/h2,5-6,9,14-15,17,22H,1,3-4,7-8,10-13H2/t15-,17-/m0/s1. The van der Waals surface area contributed by atoms with Gasteiger partial charge in [0.2, 0.25) is 0 Å². The third-order valence-electron chi connectivity index (χ3n) is 5.92. The summed E-state index contributed by atoms with van der Waals surface area (Å²) in [4.78, 5) is 17.5. The van der Waals surface area contributed by atoms with Gasteiger partial charge in [0.25, 0.3) is 5.91 Å². The average molecular weight is 314 g/mol. The lowest BCUT2D eigenvalue weighted by molar-refractivity contribution is 0.0717. The maximum atomic E-state index is 12.8. The first-order valence-corrected chi connectivity index (χ1v) is 9.01. The molecule has 4 nitrogen and oxygen atoms in total. The number of phenolic OH excluding ortho intramolecular Hbond substituents is 1. The summed E-state index contributed by atoms with van der Waals surface area (Å²) in [5.74, 6) is 1.74. The molecule has 23 heavy (non-hydrogen) atoms. The van der Waals surface area contributed by atoms with Crippen LogP contribution in [0.5, 0.6) is 5.75 Å². The molecule has 1 saturated carbocycles. The Hall–Kier alpha value is -1.55. The molecule has 0 aromatic heterocycles. The zero-order valence-electron chi connectivity index (χ0n) is 13.7. The molecule has 3 saturated heterocycles. The normalized spacial score (nSPS) is 28.4. The number of piperidine rings is 1. The summed E-state index contributed by atoms with van der Waals surface area (Å²) in [6, 6.07) is 7.28. The van der Waals surface area contributed by atoms with Gasteiger partial charge in [0.15, 0.2) is 0 Å². The molecule has 4 fully saturated rings. The molecule has 2 bridgehead atoms. The topological polar surface area (TPSA) is 43.8 Å². The molecular weight excluding hydrogens is 288 g/mol. The first-order valence-electron chi connectivity index (χ1n) is 9.01. The fraction of sp³-hybridized carbons (Fsp3) is 0.632. The van der Waals surface area contributed by atoms with Crippen LogP contribution >= 0.6 is 0 Å². The monoisotopic (exact) mass is 314 g/mol. The van der Waals surface area contributed by atoms with Crippen molar-refractivity contribution in [3.63, 3.8) is 0 Å². The number of fused-ring (bicyclic) bond motifs is 4. The van der Waals surface area contributed by atoms with Gasteiger partial charge in [-0.05, 0) is 55.7 Å². The highest BCUT2D eigenvalue weighted by atomic mass is 16.3. The lowest BCUT2D eigenvalue weighted by atomic mass is 9.83. The van der Waals surface area contributed by atoms with Gasteiger partial charge in [-0.2, -0.15) is 0 Å². The van der Waals surface area contributed by atoms with Gasteiger partial charge in [-0.15, -0.1) is 0 Å². The highest BCUT2D eigenvalue weighted by Crippen LogP contribution is 2.33. The summed E-state index contributed by atoms with van der Waals surface area (Å²) >= 11 is 0. The second kappa shape index (κ2) is 6.16. The zero-order chi connectivity index (χ0) is 15.8. The van der Waals surface area contributed by atoms with E-state index in [1.54, 1.807) is 24.3 Å². The van der Waals surface area contributed by atoms with Crippen molar-refractivity contribution in [2.24, 2.45) is 11.8 Å². The number of aromatic hydroxyl groups is 1. The maximum absolute atomic E-state index is 12.8. The Labute approximate surface area is 138 Å². The highest BCUT2D eigenvalue weighted by Gasteiger charge is 2.37. The van der Waals surface area contributed by atoms with Crippen molar-refractivity contribution in [3.05, 3.63) is 29.8 Å². The minimum atomic E-state index is 0.0725. The van der Waals surface area contributed by atoms with Crippen molar-refractivity contribution in [1.29, 1.82) is 0 Å². The van der Waals surface area contributed by atoms with Gasteiger partial charge in [-0.1, -0.05) is 12.5 Å². The molecule has 0 radical (unpaired) electrons. The molecule has 1 amide bonds. The molecule has 1 aliphatic carbocycles. The van der Waals surface area contributed by atoms with Gasteiger partial charge in [-0.25, -0.2) is 0 Å². The number of nitrogens with zero attached hydrogens (tertiary/aromatic N) is 2. The van der Waals surface area contributed by atoms with Crippen LogP contribution in [0.15, 0.2) is 24.3 Å². The van der Waals surface area contributed by atoms with E-state index in [0.717, 1.165) is 25.6 Å². The summed E-state index contributed by atoms with van der Waals surface area (Å²) < 4.78 is 0. The molecule has 0 unspecified atom stereocenters. The molecule has 1 N–H and O–H groups in total. The predicted octanol–water partition coefficient (Wildman–Crippen LogP) is 2.73. The van der Waals surface area contributed by atoms with E-state index < -0.39 is 0 Å². The Morgan fingerprint density at radius 3 is 2.74 bits per heavy atom. The lowest BCUT2D eigenvalue weighted by Gasteiger charge is -2.40. The third-order valence-corrected chi connectivity index (χ3v) is 5.92. The Bertz CT molecular complexity index is 584. The van der Waals surface area contributed by atoms with E-state index in [1.807, 2.05) is 4.90 Å². The second-order valence-electron chi connectivity index (χ2n) is 7.61. The summed E-state index contributed by atoms with van der Waals surface area (Å²) in [5, 5.41) is 9.63. The van der Waals surface area contributed by atoms with Crippen LogP contribution in [0.2, 0.25) is 0 Å². The number of benzene rings is 1. The van der Waals surface area contributed by atoms with E-state index in [0.29, 0.717) is 17.5 Å². The maximum Gasteiger partial charge on any atom is 0.254 e. The number of hydrogen-bond donors (Lipinski definition) is 1. The highest BCUT2D eigenvalue weighted by molar-refractivity contribution is 5.94. The molecule has 3 aliphatic heterocycles. The fourth-order valence-electron chi connectivity index (χ4n) is 4.40. The Kier molecular flexibility index (Phi) is 4.02. The van der Waals surface area contributed by atoms with Crippen LogP contribution in [0.1, 0.15) is 42.5 Å². The number of phenols is 1. The van der Waals surface area contributed by atoms with Gasteiger partial charge < -0.3 is 10.0 Å². The van der Waals surface area contributed by atoms with Crippen molar-refractivity contribution in [3.8, 4) is 5.75 Å². The van der Waals surface area contributed by atoms with E-state index >= 15 is 0 Å². The van der Waals surface area contributed by atoms with Crippen molar-refractivity contribution in [2.45, 2.75) is 38.1 Å². The molecule has 0 spiro atoms. The van der Waals surface area contributed by atoms with Crippen molar-refractivity contribution >= 4 is 5.91 Å². The van der Waals surface area contributed by atoms with E-state index in [-0.39, 0.29) is 11.7 Å². The Balaban J connectivity index is 1.47. The molecule has 2 atom stereocenters. The van der Waals surface area contributed by atoms with Crippen molar-refractivity contribution < 1.29 is 9.90 Å². The molecule has 124 valence electrons. The summed E-state index contributed by atoms with van der Waals surface area (Å²) in [5.41, 5.74) is 0.608. The van der Waals surface area contributed by atoms with Crippen LogP contribution in [0.3, 0.4) is 0 Å². The van der Waals surface area contributed by atoms with E-state index in [4.69, 9.17) is 0 Å². The van der Waals surface area contributed by atoms with Gasteiger partial charge in [0, 0.05) is 37.8 Å². The van der Waals surface area contributed by atoms with Gasteiger partial charge in [-0.3, -0.25) is 9.69 Å². The fourth-order valence-corrected chi connectivity index (χ4v) is 4.40. The largest absolute Gasteiger partial charge is 0.508 e. The molecule has 5 rings (SSSR count). The molecule has 4 aliphatic rings. The number of carbonyl (C=O) groups excluding carboxylic acids is 1. The predicted molar refractivity (Wildman–Crippen MR) is 89.4 cm³/mol. The van der Waals surface area contributed by atoms with Crippen LogP contribution in [-0.2, 0) is 0 Å². The average Bonchev–Trinajstić information content (AvgIpc) is 2.82. The smallest absolute Gasteiger partial charge is 0.254 e. The summed E-state index contributed by atoms with van der Waals surface area (Å²) in [6.07, 6.45) is 6.64. The number of amides is 1. The molecule has 3 heterocycles. The molecular formula is C19H26N2O2. The van der Waals surface area contributed by atoms with Crippen LogP contribution < -0.4 is 0 Å². The lowest BCUT2D eigenvalue weighted by Crippen LogP contribution is -2.47. The number of hydrogen-bond acceptors (Lipinski definition) is 3. The Morgan fingerprint density at radius 1 is 1.13 bits per heavy atom. The van der Waals surface area contributed by atoms with Crippen LogP contribution in [0.4, 0.5) is 0 Å². The minimum absolute atomic E-state index is 0.0725. The summed E-state index contributed by atoms with van der Waals surface area (Å²) in [7, 11) is 0. The first-order chi connectivity index (χ1) is 11.2. The van der Waals surface area contributed by atoms with Crippen LogP contribution in [0, 0.1) is 11.8 Å². The van der Waals surface area contributed by atoms with Crippen LogP contribution in [0.25, 0.3) is 0 Å². The summed E-state index contributed by atoms with van der Waals surface area (Å²) in [6.45, 7) is 4.10. The Morgan fingerprint density at radius 2 is 2.00 bits per heavy atom. The third kappa shape index (κ3) is 3.09. The van der Waals surface area contributed by atoms with E-state index in [2.05, 4.69) is 4.90 Å². The zero-order valence-corrected chi connectivity index (χ0v) is 13.7. The van der Waals surface area contributed by atoms with Crippen molar-refractivity contribution in [2.75, 3.05) is 26.2 Å². The van der Waals surface area contributed by atoms with E-state index in [1.165, 1.54) is 38.6 Å². The molecule has 4 heteroatoms. The van der Waals surface area contributed by atoms with Gasteiger partial charge in [0.05, 0.1) is 0 Å².